The first kappa shape index (κ1) is 8.21. The molecule has 2 heterocycles. The zero-order valence-corrected chi connectivity index (χ0v) is 6.80. The maximum absolute atomic E-state index is 11.5. The topological polar surface area (TPSA) is 78.5 Å². The van der Waals surface area contributed by atoms with Crippen molar-refractivity contribution >= 4 is 5.91 Å². The van der Waals surface area contributed by atoms with E-state index in [1.165, 1.54) is 12.5 Å². The standard InChI is InChI=1S/C7H9N3O3/c11-5-2-10(13-3-5)7(12)6-1-8-4-9-6/h1,4-5,11H,2-3H2,(H,8,9)/t5-/m0/s1. The van der Waals surface area contributed by atoms with Crippen molar-refractivity contribution in [2.45, 2.75) is 6.10 Å². The number of amides is 1. The van der Waals surface area contributed by atoms with E-state index in [1.54, 1.807) is 0 Å². The number of H-pyrrole nitrogens is 1. The zero-order valence-electron chi connectivity index (χ0n) is 6.80. The predicted octanol–water partition coefficient (Wildman–Crippen LogP) is -0.842. The van der Waals surface area contributed by atoms with Crippen LogP contribution >= 0.6 is 0 Å². The second kappa shape index (κ2) is 3.15. The van der Waals surface area contributed by atoms with Crippen molar-refractivity contribution in [2.24, 2.45) is 0 Å². The first-order valence-electron chi connectivity index (χ1n) is 3.88. The summed E-state index contributed by atoms with van der Waals surface area (Å²) >= 11 is 0. The largest absolute Gasteiger partial charge is 0.389 e. The Hall–Kier alpha value is -1.40. The molecule has 1 aromatic heterocycles. The molecule has 1 saturated heterocycles. The molecule has 0 bridgehead atoms. The molecule has 2 N–H and O–H groups in total. The monoisotopic (exact) mass is 183 g/mol. The van der Waals surface area contributed by atoms with E-state index in [0.29, 0.717) is 5.69 Å². The molecule has 6 nitrogen and oxygen atoms in total. The number of hydrogen-bond acceptors (Lipinski definition) is 4. The second-order valence-electron chi connectivity index (χ2n) is 2.78. The van der Waals surface area contributed by atoms with Gasteiger partial charge in [-0.25, -0.2) is 10.0 Å². The maximum Gasteiger partial charge on any atom is 0.295 e. The minimum absolute atomic E-state index is 0.167. The third-order valence-electron chi connectivity index (χ3n) is 1.75. The minimum atomic E-state index is -0.591. The number of aliphatic hydroxyl groups excluding tert-OH is 1. The van der Waals surface area contributed by atoms with Gasteiger partial charge in [0.2, 0.25) is 0 Å². The molecule has 0 unspecified atom stereocenters. The summed E-state index contributed by atoms with van der Waals surface area (Å²) in [6, 6.07) is 0. The fourth-order valence-electron chi connectivity index (χ4n) is 1.12. The van der Waals surface area contributed by atoms with Gasteiger partial charge in [-0.15, -0.1) is 0 Å². The van der Waals surface area contributed by atoms with E-state index >= 15 is 0 Å². The molecule has 13 heavy (non-hydrogen) atoms. The molecule has 0 radical (unpaired) electrons. The SMILES string of the molecule is O=C(c1cnc[nH]1)N1C[C@H](O)CO1. The van der Waals surface area contributed by atoms with Crippen LogP contribution in [0, 0.1) is 0 Å². The second-order valence-corrected chi connectivity index (χ2v) is 2.78. The van der Waals surface area contributed by atoms with Crippen molar-refractivity contribution in [2.75, 3.05) is 13.2 Å². The fourth-order valence-corrected chi connectivity index (χ4v) is 1.12. The van der Waals surface area contributed by atoms with Gasteiger partial charge >= 0.3 is 0 Å². The molecule has 0 spiro atoms. The lowest BCUT2D eigenvalue weighted by Crippen LogP contribution is -2.28. The van der Waals surface area contributed by atoms with Crippen LogP contribution in [0.3, 0.4) is 0 Å². The van der Waals surface area contributed by atoms with Crippen LogP contribution in [0.1, 0.15) is 10.5 Å². The smallest absolute Gasteiger partial charge is 0.295 e. The molecular weight excluding hydrogens is 174 g/mol. The third kappa shape index (κ3) is 1.53. The Balaban J connectivity index is 2.06. The molecule has 70 valence electrons. The highest BCUT2D eigenvalue weighted by Gasteiger charge is 2.27. The molecule has 6 heteroatoms. The van der Waals surface area contributed by atoms with Gasteiger partial charge in [-0.1, -0.05) is 0 Å². The van der Waals surface area contributed by atoms with Gasteiger partial charge in [0.25, 0.3) is 5.91 Å². The Morgan fingerprint density at radius 2 is 2.69 bits per heavy atom. The summed E-state index contributed by atoms with van der Waals surface area (Å²) in [6.07, 6.45) is 2.24. The van der Waals surface area contributed by atoms with Gasteiger partial charge in [0.1, 0.15) is 18.4 Å². The lowest BCUT2D eigenvalue weighted by molar-refractivity contribution is -0.0782. The lowest BCUT2D eigenvalue weighted by Gasteiger charge is -2.11. The van der Waals surface area contributed by atoms with Gasteiger partial charge in [-0.2, -0.15) is 0 Å². The number of aromatic nitrogens is 2. The molecule has 2 rings (SSSR count). The summed E-state index contributed by atoms with van der Waals surface area (Å²) in [7, 11) is 0. The molecule has 0 aromatic carbocycles. The van der Waals surface area contributed by atoms with Gasteiger partial charge < -0.3 is 10.1 Å². The summed E-state index contributed by atoms with van der Waals surface area (Å²) in [5.41, 5.74) is 0.356. The van der Waals surface area contributed by atoms with Gasteiger partial charge in [-0.3, -0.25) is 9.63 Å². The maximum atomic E-state index is 11.5. The van der Waals surface area contributed by atoms with Crippen LogP contribution in [0.4, 0.5) is 0 Å². The number of nitrogens with zero attached hydrogens (tertiary/aromatic N) is 2. The molecule has 1 fully saturated rings. The van der Waals surface area contributed by atoms with Crippen molar-refractivity contribution in [1.82, 2.24) is 15.0 Å². The van der Waals surface area contributed by atoms with Gasteiger partial charge in [0.05, 0.1) is 19.1 Å². The van der Waals surface area contributed by atoms with E-state index in [2.05, 4.69) is 9.97 Å². The molecule has 1 aliphatic heterocycles. The minimum Gasteiger partial charge on any atom is -0.389 e. The number of imidazole rings is 1. The van der Waals surface area contributed by atoms with E-state index < -0.39 is 6.10 Å². The van der Waals surface area contributed by atoms with Crippen molar-refractivity contribution in [3.63, 3.8) is 0 Å². The summed E-state index contributed by atoms with van der Waals surface area (Å²) in [5, 5.41) is 10.2. The van der Waals surface area contributed by atoms with Crippen LogP contribution < -0.4 is 0 Å². The normalized spacial score (nSPS) is 22.2. The Morgan fingerprint density at radius 3 is 3.23 bits per heavy atom. The zero-order chi connectivity index (χ0) is 9.26. The third-order valence-corrected chi connectivity index (χ3v) is 1.75. The molecule has 1 aliphatic rings. The summed E-state index contributed by atoms with van der Waals surface area (Å²) in [6.45, 7) is 0.373. The van der Waals surface area contributed by atoms with Gasteiger partial charge in [0, 0.05) is 0 Å². The molecule has 1 aromatic rings. The number of rotatable bonds is 1. The van der Waals surface area contributed by atoms with Crippen LogP contribution in [0.5, 0.6) is 0 Å². The van der Waals surface area contributed by atoms with Crippen LogP contribution in [0.15, 0.2) is 12.5 Å². The number of carbonyl (C=O) groups is 1. The van der Waals surface area contributed by atoms with E-state index in [0.717, 1.165) is 5.06 Å². The number of aliphatic hydroxyl groups is 1. The first-order chi connectivity index (χ1) is 6.27. The number of hydrogen-bond donors (Lipinski definition) is 2. The van der Waals surface area contributed by atoms with E-state index in [9.17, 15) is 4.79 Å². The first-order valence-corrected chi connectivity index (χ1v) is 3.88. The highest BCUT2D eigenvalue weighted by Crippen LogP contribution is 2.09. The molecule has 0 aliphatic carbocycles. The van der Waals surface area contributed by atoms with Crippen LogP contribution in [-0.2, 0) is 4.84 Å². The number of hydroxylamine groups is 2. The number of aromatic amines is 1. The predicted molar refractivity (Wildman–Crippen MR) is 41.6 cm³/mol. The number of β-amino-alcohol motifs (C(OH)–C–C–N with tert-alkyl or cyclic N) is 1. The van der Waals surface area contributed by atoms with Crippen LogP contribution in [0.2, 0.25) is 0 Å². The van der Waals surface area contributed by atoms with E-state index in [-0.39, 0.29) is 19.1 Å². The average molecular weight is 183 g/mol. The summed E-state index contributed by atoms with van der Waals surface area (Å²) < 4.78 is 0. The van der Waals surface area contributed by atoms with E-state index in [1.807, 2.05) is 0 Å². The lowest BCUT2D eigenvalue weighted by atomic mass is 10.4. The van der Waals surface area contributed by atoms with Crippen molar-refractivity contribution in [3.8, 4) is 0 Å². The van der Waals surface area contributed by atoms with Gasteiger partial charge in [0.15, 0.2) is 0 Å². The summed E-state index contributed by atoms with van der Waals surface area (Å²) in [4.78, 5) is 22.8. The van der Waals surface area contributed by atoms with E-state index in [4.69, 9.17) is 9.94 Å². The summed E-state index contributed by atoms with van der Waals surface area (Å²) in [5.74, 6) is -0.311. The fraction of sp³-hybridized carbons (Fsp3) is 0.429. The Bertz CT molecular complexity index is 298. The highest BCUT2D eigenvalue weighted by atomic mass is 16.7. The van der Waals surface area contributed by atoms with Crippen molar-refractivity contribution in [3.05, 3.63) is 18.2 Å². The van der Waals surface area contributed by atoms with Crippen molar-refractivity contribution in [1.29, 1.82) is 0 Å². The quantitative estimate of drug-likeness (QED) is 0.595. The molecular formula is C7H9N3O3. The van der Waals surface area contributed by atoms with Gasteiger partial charge in [-0.05, 0) is 0 Å². The van der Waals surface area contributed by atoms with Crippen LogP contribution in [-0.4, -0.2) is 45.3 Å². The Kier molecular flexibility index (Phi) is 1.99. The van der Waals surface area contributed by atoms with Crippen LogP contribution in [0.25, 0.3) is 0 Å². The Labute approximate surface area is 74.1 Å². The van der Waals surface area contributed by atoms with Crippen molar-refractivity contribution < 1.29 is 14.7 Å². The molecule has 0 saturated carbocycles. The molecule has 1 atom stereocenters. The molecule has 1 amide bonds. The average Bonchev–Trinajstić information content (AvgIpc) is 2.72. The highest BCUT2D eigenvalue weighted by molar-refractivity contribution is 5.91. The Morgan fingerprint density at radius 1 is 1.85 bits per heavy atom. The number of nitrogens with one attached hydrogen (secondary N) is 1. The number of carbonyl (C=O) groups excluding carboxylic acids is 1.